The van der Waals surface area contributed by atoms with Gasteiger partial charge >= 0.3 is 0 Å². The maximum atomic E-state index is 13.4. The smallest absolute Gasteiger partial charge is 0.248 e. The first-order valence-corrected chi connectivity index (χ1v) is 12.0. The molecule has 1 heterocycles. The Hall–Kier alpha value is -3.55. The summed E-state index contributed by atoms with van der Waals surface area (Å²) in [7, 11) is -4.03. The van der Waals surface area contributed by atoms with Crippen LogP contribution in [0.2, 0.25) is 0 Å². The van der Waals surface area contributed by atoms with E-state index in [1.807, 2.05) is 38.1 Å². The van der Waals surface area contributed by atoms with E-state index in [-0.39, 0.29) is 22.7 Å². The molecule has 0 amide bonds. The number of pyridine rings is 1. The largest absolute Gasteiger partial charge is 0.322 e. The highest BCUT2D eigenvalue weighted by molar-refractivity contribution is 7.89. The number of H-pyrrole nitrogens is 1. The van der Waals surface area contributed by atoms with Gasteiger partial charge in [0, 0.05) is 18.0 Å². The number of fused-ring (bicyclic) bond motifs is 1. The van der Waals surface area contributed by atoms with Gasteiger partial charge < -0.3 is 4.98 Å². The molecule has 0 aliphatic heterocycles. The molecule has 0 saturated heterocycles. The van der Waals surface area contributed by atoms with Crippen LogP contribution in [-0.4, -0.2) is 19.2 Å². The van der Waals surface area contributed by atoms with Crippen LogP contribution in [0, 0.1) is 13.8 Å². The van der Waals surface area contributed by atoms with Crippen molar-refractivity contribution in [3.8, 4) is 0 Å². The first kappa shape index (κ1) is 22.6. The summed E-state index contributed by atoms with van der Waals surface area (Å²) in [4.78, 5) is 27.6. The van der Waals surface area contributed by atoms with E-state index >= 15 is 0 Å². The Bertz CT molecular complexity index is 1470. The van der Waals surface area contributed by atoms with Crippen molar-refractivity contribution in [3.63, 3.8) is 0 Å². The minimum atomic E-state index is -4.03. The zero-order chi connectivity index (χ0) is 23.6. The van der Waals surface area contributed by atoms with Gasteiger partial charge in [-0.05, 0) is 65.8 Å². The number of rotatable bonds is 7. The van der Waals surface area contributed by atoms with Crippen LogP contribution in [-0.2, 0) is 21.2 Å². The van der Waals surface area contributed by atoms with E-state index in [2.05, 4.69) is 9.71 Å². The van der Waals surface area contributed by atoms with Crippen molar-refractivity contribution in [3.05, 3.63) is 111 Å². The van der Waals surface area contributed by atoms with Crippen molar-refractivity contribution in [1.29, 1.82) is 0 Å². The van der Waals surface area contributed by atoms with Gasteiger partial charge in [-0.2, -0.15) is 4.72 Å². The second kappa shape index (κ2) is 9.13. The molecule has 0 fully saturated rings. The molecule has 6 nitrogen and oxygen atoms in total. The predicted octanol–water partition coefficient (Wildman–Crippen LogP) is 3.98. The number of carbonyl (C=O) groups excluding carboxylic acids is 1. The van der Waals surface area contributed by atoms with E-state index in [0.29, 0.717) is 16.5 Å². The van der Waals surface area contributed by atoms with Gasteiger partial charge in [-0.25, -0.2) is 8.42 Å². The first-order valence-electron chi connectivity index (χ1n) is 10.5. The molecule has 0 bridgehead atoms. The Kier molecular flexibility index (Phi) is 6.26. The van der Waals surface area contributed by atoms with Crippen molar-refractivity contribution < 1.29 is 13.2 Å². The van der Waals surface area contributed by atoms with Gasteiger partial charge in [0.2, 0.25) is 15.6 Å². The fourth-order valence-electron chi connectivity index (χ4n) is 3.89. The number of Topliss-reactive ketones (excluding diaryl/α,β-unsaturated/α-hetero) is 1. The number of sulfonamides is 1. The number of ketones is 1. The van der Waals surface area contributed by atoms with Crippen LogP contribution < -0.4 is 10.3 Å². The van der Waals surface area contributed by atoms with Gasteiger partial charge in [0.25, 0.3) is 0 Å². The van der Waals surface area contributed by atoms with Gasteiger partial charge in [-0.3, -0.25) is 9.59 Å². The number of carbonyl (C=O) groups is 1. The lowest BCUT2D eigenvalue weighted by Crippen LogP contribution is -2.35. The van der Waals surface area contributed by atoms with Crippen molar-refractivity contribution in [2.75, 3.05) is 0 Å². The third-order valence-corrected chi connectivity index (χ3v) is 7.15. The van der Waals surface area contributed by atoms with Crippen molar-refractivity contribution in [1.82, 2.24) is 9.71 Å². The molecule has 0 spiro atoms. The summed E-state index contributed by atoms with van der Waals surface area (Å²) in [6.07, 6.45) is 0.111. The highest BCUT2D eigenvalue weighted by Gasteiger charge is 2.28. The summed E-state index contributed by atoms with van der Waals surface area (Å²) >= 11 is 0. The molecule has 7 heteroatoms. The lowest BCUT2D eigenvalue weighted by atomic mass is 9.93. The zero-order valence-electron chi connectivity index (χ0n) is 18.3. The molecule has 33 heavy (non-hydrogen) atoms. The van der Waals surface area contributed by atoms with E-state index in [4.69, 9.17) is 0 Å². The highest BCUT2D eigenvalue weighted by atomic mass is 32.2. The molecule has 168 valence electrons. The van der Waals surface area contributed by atoms with Crippen LogP contribution in [0.4, 0.5) is 0 Å². The summed E-state index contributed by atoms with van der Waals surface area (Å²) in [5.74, 6) is -0.243. The van der Waals surface area contributed by atoms with E-state index < -0.39 is 16.1 Å². The molecule has 4 rings (SSSR count). The van der Waals surface area contributed by atoms with Crippen molar-refractivity contribution in [2.24, 2.45) is 0 Å². The molecule has 1 atom stereocenters. The molecule has 3 aromatic carbocycles. The molecule has 0 aliphatic carbocycles. The fourth-order valence-corrected chi connectivity index (χ4v) is 5.14. The van der Waals surface area contributed by atoms with Crippen LogP contribution >= 0.6 is 0 Å². The molecule has 1 aromatic heterocycles. The topological polar surface area (TPSA) is 96.1 Å². The molecule has 2 N–H and O–H groups in total. The van der Waals surface area contributed by atoms with Gasteiger partial charge in [0.1, 0.15) is 6.04 Å². The second-order valence-corrected chi connectivity index (χ2v) is 9.76. The van der Waals surface area contributed by atoms with E-state index in [9.17, 15) is 18.0 Å². The monoisotopic (exact) mass is 460 g/mol. The third kappa shape index (κ3) is 4.94. The highest BCUT2D eigenvalue weighted by Crippen LogP contribution is 2.24. The third-order valence-electron chi connectivity index (χ3n) is 5.73. The zero-order valence-corrected chi connectivity index (χ0v) is 19.1. The normalized spacial score (nSPS) is 12.5. The van der Waals surface area contributed by atoms with E-state index in [0.717, 1.165) is 16.7 Å². The number of aromatic amines is 1. The lowest BCUT2D eigenvalue weighted by molar-refractivity contribution is -0.120. The maximum Gasteiger partial charge on any atom is 0.248 e. The van der Waals surface area contributed by atoms with Crippen LogP contribution in [0.25, 0.3) is 10.9 Å². The number of benzene rings is 3. The van der Waals surface area contributed by atoms with Crippen LogP contribution in [0.15, 0.2) is 88.6 Å². The SMILES string of the molecule is Cc1cccc(C)c1CC(=O)C(NS(=O)(=O)c1ccc2[nH]c(=O)ccc2c1)c1ccccc1. The summed E-state index contributed by atoms with van der Waals surface area (Å²) in [6, 6.07) is 21.0. The lowest BCUT2D eigenvalue weighted by Gasteiger charge is -2.20. The summed E-state index contributed by atoms with van der Waals surface area (Å²) in [5, 5.41) is 0.579. The molecule has 0 radical (unpaired) electrons. The number of hydrogen-bond acceptors (Lipinski definition) is 4. The first-order chi connectivity index (χ1) is 15.7. The predicted molar refractivity (Wildman–Crippen MR) is 129 cm³/mol. The van der Waals surface area contributed by atoms with Crippen LogP contribution in [0.1, 0.15) is 28.3 Å². The summed E-state index contributed by atoms with van der Waals surface area (Å²) in [5.41, 5.74) is 3.72. The molecule has 4 aromatic rings. The van der Waals surface area contributed by atoms with Gasteiger partial charge in [-0.15, -0.1) is 0 Å². The number of aromatic nitrogens is 1. The molecule has 1 unspecified atom stereocenters. The van der Waals surface area contributed by atoms with Crippen LogP contribution in [0.5, 0.6) is 0 Å². The minimum Gasteiger partial charge on any atom is -0.322 e. The molecular formula is C26H24N2O4S. The van der Waals surface area contributed by atoms with Gasteiger partial charge in [-0.1, -0.05) is 48.5 Å². The van der Waals surface area contributed by atoms with Gasteiger partial charge in [0.05, 0.1) is 4.90 Å². The fraction of sp³-hybridized carbons (Fsp3) is 0.154. The molecular weight excluding hydrogens is 436 g/mol. The molecule has 0 saturated carbocycles. The van der Waals surface area contributed by atoms with Crippen molar-refractivity contribution >= 4 is 26.7 Å². The Balaban J connectivity index is 1.70. The minimum absolute atomic E-state index is 0.0165. The Morgan fingerprint density at radius 3 is 2.30 bits per heavy atom. The Morgan fingerprint density at radius 1 is 0.909 bits per heavy atom. The summed E-state index contributed by atoms with van der Waals surface area (Å²) < 4.78 is 29.2. The molecule has 0 aliphatic rings. The number of aryl methyl sites for hydroxylation is 2. The van der Waals surface area contributed by atoms with Crippen molar-refractivity contribution in [2.45, 2.75) is 31.2 Å². The average Bonchev–Trinajstić information content (AvgIpc) is 2.80. The van der Waals surface area contributed by atoms with E-state index in [1.54, 1.807) is 36.4 Å². The standard InChI is InChI=1S/C26H24N2O4S/c1-17-7-6-8-18(2)22(17)16-24(29)26(19-9-4-3-5-10-19)28-33(31,32)21-12-13-23-20(15-21)11-14-25(30)27-23/h3-15,26,28H,16H2,1-2H3,(H,27,30). The average molecular weight is 461 g/mol. The van der Waals surface area contributed by atoms with Crippen LogP contribution in [0.3, 0.4) is 0 Å². The van der Waals surface area contributed by atoms with E-state index in [1.165, 1.54) is 18.2 Å². The maximum absolute atomic E-state index is 13.4. The quantitative estimate of drug-likeness (QED) is 0.436. The number of nitrogens with one attached hydrogen (secondary N) is 2. The Morgan fingerprint density at radius 2 is 1.61 bits per heavy atom. The number of hydrogen-bond donors (Lipinski definition) is 2. The van der Waals surface area contributed by atoms with Gasteiger partial charge in [0.15, 0.2) is 5.78 Å². The Labute approximate surface area is 192 Å². The summed E-state index contributed by atoms with van der Waals surface area (Å²) in [6.45, 7) is 3.88. The second-order valence-electron chi connectivity index (χ2n) is 8.05.